The molecule has 1 aromatic rings. The fourth-order valence-corrected chi connectivity index (χ4v) is 3.15. The van der Waals surface area contributed by atoms with Gasteiger partial charge >= 0.3 is 0 Å². The van der Waals surface area contributed by atoms with Crippen molar-refractivity contribution < 1.29 is 0 Å². The molecule has 1 fully saturated rings. The van der Waals surface area contributed by atoms with Crippen molar-refractivity contribution in [2.45, 2.75) is 45.7 Å². The second kappa shape index (κ2) is 10.2. The lowest BCUT2D eigenvalue weighted by molar-refractivity contribution is 0.0739. The van der Waals surface area contributed by atoms with Crippen molar-refractivity contribution in [2.75, 3.05) is 26.7 Å². The number of halogens is 1. The predicted molar refractivity (Wildman–Crippen MR) is 114 cm³/mol. The van der Waals surface area contributed by atoms with Gasteiger partial charge in [0.25, 0.3) is 0 Å². The van der Waals surface area contributed by atoms with Crippen molar-refractivity contribution in [1.29, 1.82) is 0 Å². The molecule has 1 unspecified atom stereocenters. The molecule has 2 rings (SSSR count). The lowest BCUT2D eigenvalue weighted by atomic mass is 9.93. The minimum Gasteiger partial charge on any atom is -0.355 e. The van der Waals surface area contributed by atoms with Gasteiger partial charge < -0.3 is 10.6 Å². The highest BCUT2D eigenvalue weighted by Crippen LogP contribution is 2.23. The van der Waals surface area contributed by atoms with Crippen molar-refractivity contribution >= 4 is 29.9 Å². The quantitative estimate of drug-likeness (QED) is 0.415. The first-order valence-electron chi connectivity index (χ1n) is 8.75. The summed E-state index contributed by atoms with van der Waals surface area (Å²) in [6, 6.07) is 10.4. The van der Waals surface area contributed by atoms with Crippen LogP contribution in [0.5, 0.6) is 0 Å². The van der Waals surface area contributed by atoms with E-state index in [1.807, 2.05) is 13.1 Å². The van der Waals surface area contributed by atoms with Gasteiger partial charge in [-0.3, -0.25) is 9.89 Å². The topological polar surface area (TPSA) is 39.7 Å². The minimum atomic E-state index is 0. The van der Waals surface area contributed by atoms with Crippen LogP contribution in [0.25, 0.3) is 0 Å². The van der Waals surface area contributed by atoms with Crippen LogP contribution < -0.4 is 10.6 Å². The fraction of sp³-hybridized carbons (Fsp3) is 0.632. The van der Waals surface area contributed by atoms with Crippen LogP contribution in [0.3, 0.4) is 0 Å². The molecule has 1 heterocycles. The van der Waals surface area contributed by atoms with Gasteiger partial charge in [0, 0.05) is 32.2 Å². The minimum absolute atomic E-state index is 0. The van der Waals surface area contributed by atoms with Crippen LogP contribution in [0.4, 0.5) is 0 Å². The average Bonchev–Trinajstić information content (AvgIpc) is 2.56. The number of hydrogen-bond donors (Lipinski definition) is 2. The van der Waals surface area contributed by atoms with Crippen LogP contribution in [0.2, 0.25) is 0 Å². The molecule has 1 aromatic carbocycles. The van der Waals surface area contributed by atoms with Crippen LogP contribution in [-0.4, -0.2) is 43.1 Å². The van der Waals surface area contributed by atoms with Gasteiger partial charge in [-0.1, -0.05) is 37.3 Å². The highest BCUT2D eigenvalue weighted by molar-refractivity contribution is 14.0. The van der Waals surface area contributed by atoms with E-state index >= 15 is 0 Å². The molecule has 0 bridgehead atoms. The molecule has 1 aliphatic rings. The third kappa shape index (κ3) is 6.59. The molecule has 2 N–H and O–H groups in total. The van der Waals surface area contributed by atoms with Crippen molar-refractivity contribution in [3.05, 3.63) is 35.9 Å². The number of guanidine groups is 1. The Morgan fingerprint density at radius 3 is 2.58 bits per heavy atom. The molecular weight excluding hydrogens is 411 g/mol. The van der Waals surface area contributed by atoms with Crippen LogP contribution >= 0.6 is 24.0 Å². The summed E-state index contributed by atoms with van der Waals surface area (Å²) in [4.78, 5) is 6.95. The van der Waals surface area contributed by atoms with Crippen LogP contribution in [0, 0.1) is 5.92 Å². The SMILES string of the molecule is CN=C(NCc1ccccc1)NCC(C)(C)N1CCCC(C)C1.I. The molecule has 0 aromatic heterocycles. The van der Waals surface area contributed by atoms with E-state index in [9.17, 15) is 0 Å². The van der Waals surface area contributed by atoms with E-state index in [-0.39, 0.29) is 29.5 Å². The van der Waals surface area contributed by atoms with Crippen molar-refractivity contribution in [3.63, 3.8) is 0 Å². The molecule has 4 nitrogen and oxygen atoms in total. The Labute approximate surface area is 164 Å². The Morgan fingerprint density at radius 1 is 1.25 bits per heavy atom. The lowest BCUT2D eigenvalue weighted by Crippen LogP contribution is -2.55. The average molecular weight is 444 g/mol. The third-order valence-electron chi connectivity index (χ3n) is 4.73. The molecular formula is C19H33IN4. The third-order valence-corrected chi connectivity index (χ3v) is 4.73. The van der Waals surface area contributed by atoms with Gasteiger partial charge in [-0.05, 0) is 44.7 Å². The standard InChI is InChI=1S/C19H32N4.HI/c1-16-9-8-12-23(14-16)19(2,3)15-22-18(20-4)21-13-17-10-6-5-7-11-17;/h5-7,10-11,16H,8-9,12-15H2,1-4H3,(H2,20,21,22);1H. The van der Waals surface area contributed by atoms with Crippen LogP contribution in [0.1, 0.15) is 39.2 Å². The summed E-state index contributed by atoms with van der Waals surface area (Å²) in [7, 11) is 1.83. The first-order valence-corrected chi connectivity index (χ1v) is 8.75. The van der Waals surface area contributed by atoms with Crippen LogP contribution in [-0.2, 0) is 6.54 Å². The van der Waals surface area contributed by atoms with E-state index in [1.165, 1.54) is 31.5 Å². The summed E-state index contributed by atoms with van der Waals surface area (Å²) in [6.07, 6.45) is 2.67. The lowest BCUT2D eigenvalue weighted by Gasteiger charge is -2.43. The van der Waals surface area contributed by atoms with E-state index in [1.54, 1.807) is 0 Å². The summed E-state index contributed by atoms with van der Waals surface area (Å²) >= 11 is 0. The number of rotatable bonds is 5. The Morgan fingerprint density at radius 2 is 1.96 bits per heavy atom. The van der Waals surface area contributed by atoms with Gasteiger partial charge in [-0.2, -0.15) is 0 Å². The number of hydrogen-bond acceptors (Lipinski definition) is 2. The molecule has 24 heavy (non-hydrogen) atoms. The zero-order chi connectivity index (χ0) is 16.7. The number of likely N-dealkylation sites (tertiary alicyclic amines) is 1. The monoisotopic (exact) mass is 444 g/mol. The van der Waals surface area contributed by atoms with E-state index in [2.05, 4.69) is 65.6 Å². The summed E-state index contributed by atoms with van der Waals surface area (Å²) in [6.45, 7) is 11.1. The number of benzene rings is 1. The largest absolute Gasteiger partial charge is 0.355 e. The summed E-state index contributed by atoms with van der Waals surface area (Å²) in [5, 5.41) is 6.88. The van der Waals surface area contributed by atoms with E-state index in [0.717, 1.165) is 25.0 Å². The number of piperidine rings is 1. The first-order chi connectivity index (χ1) is 11.0. The van der Waals surface area contributed by atoms with Crippen LogP contribution in [0.15, 0.2) is 35.3 Å². The number of nitrogens with zero attached hydrogens (tertiary/aromatic N) is 2. The van der Waals surface area contributed by atoms with Gasteiger partial charge in [0.15, 0.2) is 5.96 Å². The highest BCUT2D eigenvalue weighted by Gasteiger charge is 2.30. The Bertz CT molecular complexity index is 501. The fourth-order valence-electron chi connectivity index (χ4n) is 3.15. The maximum atomic E-state index is 4.34. The van der Waals surface area contributed by atoms with Gasteiger partial charge in [-0.15, -0.1) is 24.0 Å². The second-order valence-electron chi connectivity index (χ2n) is 7.27. The molecule has 0 amide bonds. The van der Waals surface area contributed by atoms with Gasteiger partial charge in [0.2, 0.25) is 0 Å². The van der Waals surface area contributed by atoms with Gasteiger partial charge in [0.05, 0.1) is 0 Å². The summed E-state index contributed by atoms with van der Waals surface area (Å²) in [5.74, 6) is 1.67. The second-order valence-corrected chi connectivity index (χ2v) is 7.27. The number of aliphatic imine (C=N–C) groups is 1. The first kappa shape index (κ1) is 21.2. The van der Waals surface area contributed by atoms with Gasteiger partial charge in [0.1, 0.15) is 0 Å². The molecule has 1 aliphatic heterocycles. The molecule has 0 radical (unpaired) electrons. The van der Waals surface area contributed by atoms with Crippen molar-refractivity contribution in [1.82, 2.24) is 15.5 Å². The van der Waals surface area contributed by atoms with Crippen molar-refractivity contribution in [3.8, 4) is 0 Å². The molecule has 1 saturated heterocycles. The van der Waals surface area contributed by atoms with E-state index < -0.39 is 0 Å². The summed E-state index contributed by atoms with van der Waals surface area (Å²) in [5.41, 5.74) is 1.40. The normalized spacial score (nSPS) is 19.5. The van der Waals surface area contributed by atoms with E-state index in [0.29, 0.717) is 0 Å². The predicted octanol–water partition coefficient (Wildman–Crippen LogP) is 3.48. The maximum absolute atomic E-state index is 4.34. The smallest absolute Gasteiger partial charge is 0.191 e. The molecule has 0 saturated carbocycles. The number of nitrogens with one attached hydrogen (secondary N) is 2. The molecule has 0 spiro atoms. The summed E-state index contributed by atoms with van der Waals surface area (Å²) < 4.78 is 0. The molecule has 0 aliphatic carbocycles. The van der Waals surface area contributed by atoms with Crippen molar-refractivity contribution in [2.24, 2.45) is 10.9 Å². The molecule has 5 heteroatoms. The maximum Gasteiger partial charge on any atom is 0.191 e. The Kier molecular flexibility index (Phi) is 9.05. The van der Waals surface area contributed by atoms with E-state index in [4.69, 9.17) is 0 Å². The highest BCUT2D eigenvalue weighted by atomic mass is 127. The van der Waals surface area contributed by atoms with Gasteiger partial charge in [-0.25, -0.2) is 0 Å². The Hall–Kier alpha value is -0.820. The molecule has 1 atom stereocenters. The molecule has 136 valence electrons. The zero-order valence-electron chi connectivity index (χ0n) is 15.5. The zero-order valence-corrected chi connectivity index (χ0v) is 17.8. The Balaban J connectivity index is 0.00000288.